The van der Waals surface area contributed by atoms with Crippen LogP contribution >= 0.6 is 0 Å². The Kier molecular flexibility index (Phi) is 2.03. The standard InChI is InChI=1S/C13H12N2O/c1-9-3-2-4-12-13(9)10(5-6-16-12)11-7-14-8-15-11/h2-5,7-8H,6H2,1H3,(H,14,15). The second-order valence-corrected chi connectivity index (χ2v) is 3.84. The normalized spacial score (nSPS) is 13.9. The first-order valence-corrected chi connectivity index (χ1v) is 5.28. The molecule has 1 aromatic carbocycles. The molecular weight excluding hydrogens is 200 g/mol. The number of hydrogen-bond donors (Lipinski definition) is 1. The predicted octanol–water partition coefficient (Wildman–Crippen LogP) is 2.54. The van der Waals surface area contributed by atoms with E-state index in [-0.39, 0.29) is 0 Å². The van der Waals surface area contributed by atoms with E-state index in [0.29, 0.717) is 6.61 Å². The van der Waals surface area contributed by atoms with Gasteiger partial charge in [-0.15, -0.1) is 0 Å². The smallest absolute Gasteiger partial charge is 0.127 e. The lowest BCUT2D eigenvalue weighted by Gasteiger charge is -2.19. The zero-order valence-corrected chi connectivity index (χ0v) is 9.03. The van der Waals surface area contributed by atoms with Crippen molar-refractivity contribution in [1.82, 2.24) is 9.97 Å². The molecule has 3 heteroatoms. The van der Waals surface area contributed by atoms with Gasteiger partial charge in [0, 0.05) is 11.1 Å². The second-order valence-electron chi connectivity index (χ2n) is 3.84. The average molecular weight is 212 g/mol. The summed E-state index contributed by atoms with van der Waals surface area (Å²) in [5.41, 5.74) is 4.60. The van der Waals surface area contributed by atoms with Gasteiger partial charge in [-0.05, 0) is 24.6 Å². The van der Waals surface area contributed by atoms with Crippen LogP contribution in [-0.4, -0.2) is 16.6 Å². The Morgan fingerprint density at radius 2 is 2.31 bits per heavy atom. The van der Waals surface area contributed by atoms with Crippen LogP contribution in [0.4, 0.5) is 0 Å². The average Bonchev–Trinajstić information content (AvgIpc) is 2.82. The van der Waals surface area contributed by atoms with Crippen molar-refractivity contribution in [1.29, 1.82) is 0 Å². The zero-order valence-electron chi connectivity index (χ0n) is 9.03. The van der Waals surface area contributed by atoms with Gasteiger partial charge in [-0.25, -0.2) is 4.98 Å². The van der Waals surface area contributed by atoms with Crippen LogP contribution in [0, 0.1) is 6.92 Å². The Morgan fingerprint density at radius 1 is 1.38 bits per heavy atom. The van der Waals surface area contributed by atoms with Crippen LogP contribution in [0.15, 0.2) is 36.8 Å². The molecule has 16 heavy (non-hydrogen) atoms. The van der Waals surface area contributed by atoms with Gasteiger partial charge in [0.25, 0.3) is 0 Å². The molecule has 1 aliphatic rings. The molecule has 0 amide bonds. The summed E-state index contributed by atoms with van der Waals surface area (Å²) in [6.45, 7) is 2.71. The molecule has 0 radical (unpaired) electrons. The monoisotopic (exact) mass is 212 g/mol. The number of H-pyrrole nitrogens is 1. The largest absolute Gasteiger partial charge is 0.489 e. The maximum absolute atomic E-state index is 5.62. The van der Waals surface area contributed by atoms with Crippen molar-refractivity contribution in [3.05, 3.63) is 53.6 Å². The number of nitrogens with one attached hydrogen (secondary N) is 1. The van der Waals surface area contributed by atoms with Gasteiger partial charge >= 0.3 is 0 Å². The number of nitrogens with zero attached hydrogens (tertiary/aromatic N) is 1. The van der Waals surface area contributed by atoms with Gasteiger partial charge in [0.1, 0.15) is 12.4 Å². The molecule has 1 N–H and O–H groups in total. The van der Waals surface area contributed by atoms with Crippen LogP contribution in [0.2, 0.25) is 0 Å². The number of hydrogen-bond acceptors (Lipinski definition) is 2. The lowest BCUT2D eigenvalue weighted by atomic mass is 9.96. The Bertz CT molecular complexity index is 541. The number of fused-ring (bicyclic) bond motifs is 1. The van der Waals surface area contributed by atoms with Crippen molar-refractivity contribution in [2.24, 2.45) is 0 Å². The highest BCUT2D eigenvalue weighted by Crippen LogP contribution is 2.35. The van der Waals surface area contributed by atoms with E-state index in [1.807, 2.05) is 18.3 Å². The molecule has 2 heterocycles. The van der Waals surface area contributed by atoms with Crippen LogP contribution in [0.3, 0.4) is 0 Å². The molecule has 0 saturated heterocycles. The first kappa shape index (κ1) is 9.21. The van der Waals surface area contributed by atoms with E-state index >= 15 is 0 Å². The van der Waals surface area contributed by atoms with Crippen LogP contribution in [0.25, 0.3) is 5.57 Å². The molecule has 0 aliphatic carbocycles. The second kappa shape index (κ2) is 3.52. The molecule has 0 spiro atoms. The number of imidazole rings is 1. The molecule has 1 aliphatic heterocycles. The third-order valence-electron chi connectivity index (χ3n) is 2.82. The van der Waals surface area contributed by atoms with Crippen LogP contribution in [-0.2, 0) is 0 Å². The molecular formula is C13H12N2O. The topological polar surface area (TPSA) is 37.9 Å². The maximum atomic E-state index is 5.62. The van der Waals surface area contributed by atoms with E-state index < -0.39 is 0 Å². The number of rotatable bonds is 1. The third-order valence-corrected chi connectivity index (χ3v) is 2.82. The van der Waals surface area contributed by atoms with Gasteiger partial charge in [0.15, 0.2) is 0 Å². The molecule has 0 saturated carbocycles. The molecule has 1 aromatic heterocycles. The molecule has 0 unspecified atom stereocenters. The van der Waals surface area contributed by atoms with Crippen molar-refractivity contribution in [2.75, 3.05) is 6.61 Å². The van der Waals surface area contributed by atoms with Gasteiger partial charge < -0.3 is 9.72 Å². The number of aromatic nitrogens is 2. The van der Waals surface area contributed by atoms with E-state index in [1.54, 1.807) is 6.33 Å². The number of benzene rings is 1. The van der Waals surface area contributed by atoms with E-state index in [1.165, 1.54) is 11.1 Å². The van der Waals surface area contributed by atoms with Gasteiger partial charge in [0.2, 0.25) is 0 Å². The highest BCUT2D eigenvalue weighted by atomic mass is 16.5. The van der Waals surface area contributed by atoms with Crippen molar-refractivity contribution >= 4 is 5.57 Å². The number of aromatic amines is 1. The SMILES string of the molecule is Cc1cccc2c1C(c1cnc[nH]1)=CCO2. The van der Waals surface area contributed by atoms with Gasteiger partial charge in [-0.2, -0.15) is 0 Å². The minimum atomic E-state index is 0.616. The van der Waals surface area contributed by atoms with E-state index in [0.717, 1.165) is 17.0 Å². The number of ether oxygens (including phenoxy) is 1. The lowest BCUT2D eigenvalue weighted by Crippen LogP contribution is -2.07. The fraction of sp³-hybridized carbons (Fsp3) is 0.154. The Balaban J connectivity index is 2.20. The summed E-state index contributed by atoms with van der Waals surface area (Å²) in [5.74, 6) is 0.951. The minimum Gasteiger partial charge on any atom is -0.489 e. The van der Waals surface area contributed by atoms with E-state index in [9.17, 15) is 0 Å². The fourth-order valence-electron chi connectivity index (χ4n) is 2.07. The Morgan fingerprint density at radius 3 is 3.12 bits per heavy atom. The van der Waals surface area contributed by atoms with Crippen LogP contribution < -0.4 is 4.74 Å². The molecule has 3 rings (SSSR count). The van der Waals surface area contributed by atoms with Crippen LogP contribution in [0.1, 0.15) is 16.8 Å². The third kappa shape index (κ3) is 1.33. The van der Waals surface area contributed by atoms with Gasteiger partial charge in [0.05, 0.1) is 18.2 Å². The van der Waals surface area contributed by atoms with Crippen molar-refractivity contribution in [2.45, 2.75) is 6.92 Å². The summed E-state index contributed by atoms with van der Waals surface area (Å²) in [4.78, 5) is 7.20. The summed E-state index contributed by atoms with van der Waals surface area (Å²) >= 11 is 0. The summed E-state index contributed by atoms with van der Waals surface area (Å²) in [5, 5.41) is 0. The summed E-state index contributed by atoms with van der Waals surface area (Å²) in [6.07, 6.45) is 5.62. The van der Waals surface area contributed by atoms with Crippen molar-refractivity contribution < 1.29 is 4.74 Å². The molecule has 80 valence electrons. The molecule has 0 atom stereocenters. The Hall–Kier alpha value is -2.03. The summed E-state index contributed by atoms with van der Waals surface area (Å²) in [7, 11) is 0. The van der Waals surface area contributed by atoms with Gasteiger partial charge in [-0.3, -0.25) is 0 Å². The van der Waals surface area contributed by atoms with E-state index in [4.69, 9.17) is 4.74 Å². The fourth-order valence-corrected chi connectivity index (χ4v) is 2.07. The van der Waals surface area contributed by atoms with E-state index in [2.05, 4.69) is 29.0 Å². The molecule has 2 aromatic rings. The predicted molar refractivity (Wildman–Crippen MR) is 62.3 cm³/mol. The van der Waals surface area contributed by atoms with Crippen molar-refractivity contribution in [3.8, 4) is 5.75 Å². The Labute approximate surface area is 93.8 Å². The molecule has 0 fully saturated rings. The molecule has 3 nitrogen and oxygen atoms in total. The highest BCUT2D eigenvalue weighted by molar-refractivity contribution is 5.83. The quantitative estimate of drug-likeness (QED) is 0.788. The summed E-state index contributed by atoms with van der Waals surface area (Å²) < 4.78 is 5.62. The maximum Gasteiger partial charge on any atom is 0.127 e. The zero-order chi connectivity index (χ0) is 11.0. The van der Waals surface area contributed by atoms with Crippen molar-refractivity contribution in [3.63, 3.8) is 0 Å². The van der Waals surface area contributed by atoms with Gasteiger partial charge in [-0.1, -0.05) is 12.1 Å². The molecule has 0 bridgehead atoms. The highest BCUT2D eigenvalue weighted by Gasteiger charge is 2.17. The first-order chi connectivity index (χ1) is 7.86. The minimum absolute atomic E-state index is 0.616. The number of aryl methyl sites for hydroxylation is 1. The first-order valence-electron chi connectivity index (χ1n) is 5.28. The lowest BCUT2D eigenvalue weighted by molar-refractivity contribution is 0.357. The van der Waals surface area contributed by atoms with Crippen LogP contribution in [0.5, 0.6) is 5.75 Å². The summed E-state index contributed by atoms with van der Waals surface area (Å²) in [6, 6.07) is 6.12.